The van der Waals surface area contributed by atoms with Crippen LogP contribution in [0.1, 0.15) is 24.3 Å². The van der Waals surface area contributed by atoms with Crippen molar-refractivity contribution in [3.8, 4) is 11.5 Å². The quantitative estimate of drug-likeness (QED) is 0.682. The Labute approximate surface area is 156 Å². The van der Waals surface area contributed by atoms with Crippen molar-refractivity contribution >= 4 is 28.5 Å². The molecule has 0 bridgehead atoms. The van der Waals surface area contributed by atoms with E-state index >= 15 is 0 Å². The second-order valence-corrected chi connectivity index (χ2v) is 6.45. The summed E-state index contributed by atoms with van der Waals surface area (Å²) in [5.74, 6) is 1.71. The molecule has 1 atom stereocenters. The standard InChI is InChI=1S/C20H20ClNO4/c1-12-9-15(21)7-8-16(12)25-11-19(23)22-13(2)18-10-14-5-4-6-17(24-3)20(14)26-18/h4-10,13H,11H2,1-3H3,(H,22,23). The smallest absolute Gasteiger partial charge is 0.258 e. The molecular formula is C20H20ClNO4. The molecule has 5 nitrogen and oxygen atoms in total. The van der Waals surface area contributed by atoms with Gasteiger partial charge in [-0.25, -0.2) is 0 Å². The molecule has 0 saturated carbocycles. The fourth-order valence-corrected chi connectivity index (χ4v) is 2.93. The van der Waals surface area contributed by atoms with Crippen molar-refractivity contribution in [3.05, 3.63) is 58.8 Å². The van der Waals surface area contributed by atoms with Crippen molar-refractivity contribution < 1.29 is 18.7 Å². The molecule has 0 radical (unpaired) electrons. The van der Waals surface area contributed by atoms with Gasteiger partial charge in [-0.05, 0) is 49.7 Å². The molecule has 0 saturated heterocycles. The Morgan fingerprint density at radius 3 is 2.77 bits per heavy atom. The maximum Gasteiger partial charge on any atom is 0.258 e. The highest BCUT2D eigenvalue weighted by atomic mass is 35.5. The zero-order valence-electron chi connectivity index (χ0n) is 14.8. The summed E-state index contributed by atoms with van der Waals surface area (Å²) in [6.07, 6.45) is 0. The number of methoxy groups -OCH3 is 1. The molecular weight excluding hydrogens is 354 g/mol. The number of aryl methyl sites for hydroxylation is 1. The van der Waals surface area contributed by atoms with Crippen molar-refractivity contribution in [1.82, 2.24) is 5.32 Å². The molecule has 1 unspecified atom stereocenters. The van der Waals surface area contributed by atoms with E-state index in [1.54, 1.807) is 25.3 Å². The first-order valence-corrected chi connectivity index (χ1v) is 8.60. The lowest BCUT2D eigenvalue weighted by Gasteiger charge is -2.13. The number of hydrogen-bond acceptors (Lipinski definition) is 4. The average molecular weight is 374 g/mol. The second kappa shape index (κ2) is 7.70. The number of ether oxygens (including phenoxy) is 2. The Morgan fingerprint density at radius 2 is 2.04 bits per heavy atom. The third-order valence-electron chi connectivity index (χ3n) is 4.05. The van der Waals surface area contributed by atoms with Crippen molar-refractivity contribution in [2.24, 2.45) is 0 Å². The number of nitrogens with one attached hydrogen (secondary N) is 1. The van der Waals surface area contributed by atoms with Crippen molar-refractivity contribution in [2.75, 3.05) is 13.7 Å². The summed E-state index contributed by atoms with van der Waals surface area (Å²) in [5, 5.41) is 4.43. The number of furan rings is 1. The van der Waals surface area contributed by atoms with E-state index < -0.39 is 0 Å². The number of fused-ring (bicyclic) bond motifs is 1. The van der Waals surface area contributed by atoms with Gasteiger partial charge in [0.25, 0.3) is 5.91 Å². The number of carbonyl (C=O) groups excluding carboxylic acids is 1. The minimum absolute atomic E-state index is 0.0869. The molecule has 0 aliphatic rings. The Morgan fingerprint density at radius 1 is 1.23 bits per heavy atom. The lowest BCUT2D eigenvalue weighted by atomic mass is 10.2. The zero-order chi connectivity index (χ0) is 18.7. The van der Waals surface area contributed by atoms with Gasteiger partial charge < -0.3 is 19.2 Å². The molecule has 1 N–H and O–H groups in total. The number of benzene rings is 2. The van der Waals surface area contributed by atoms with Crippen LogP contribution in [0.5, 0.6) is 11.5 Å². The van der Waals surface area contributed by atoms with Crippen molar-refractivity contribution in [1.29, 1.82) is 0 Å². The highest BCUT2D eigenvalue weighted by molar-refractivity contribution is 6.30. The molecule has 1 amide bonds. The fraction of sp³-hybridized carbons (Fsp3) is 0.250. The van der Waals surface area contributed by atoms with Crippen LogP contribution in [0.3, 0.4) is 0 Å². The maximum atomic E-state index is 12.2. The number of carbonyl (C=O) groups is 1. The van der Waals surface area contributed by atoms with Gasteiger partial charge in [0.05, 0.1) is 13.2 Å². The molecule has 0 spiro atoms. The third-order valence-corrected chi connectivity index (χ3v) is 4.28. The van der Waals surface area contributed by atoms with Gasteiger partial charge in [0.1, 0.15) is 11.5 Å². The summed E-state index contributed by atoms with van der Waals surface area (Å²) in [4.78, 5) is 12.2. The third kappa shape index (κ3) is 3.94. The summed E-state index contributed by atoms with van der Waals surface area (Å²) in [6.45, 7) is 3.65. The number of para-hydroxylation sites is 1. The molecule has 3 rings (SSSR count). The van der Waals surface area contributed by atoms with E-state index in [0.717, 1.165) is 10.9 Å². The predicted octanol–water partition coefficient (Wildman–Crippen LogP) is 4.66. The van der Waals surface area contributed by atoms with Crippen molar-refractivity contribution in [2.45, 2.75) is 19.9 Å². The van der Waals surface area contributed by atoms with Crippen molar-refractivity contribution in [3.63, 3.8) is 0 Å². The van der Waals surface area contributed by atoms with Gasteiger partial charge in [0, 0.05) is 10.4 Å². The Kier molecular flexibility index (Phi) is 5.38. The van der Waals surface area contributed by atoms with E-state index in [9.17, 15) is 4.79 Å². The number of amides is 1. The highest BCUT2D eigenvalue weighted by Crippen LogP contribution is 2.30. The summed E-state index contributed by atoms with van der Waals surface area (Å²) in [6, 6.07) is 12.5. The van der Waals surface area contributed by atoms with E-state index in [4.69, 9.17) is 25.5 Å². The molecule has 1 heterocycles. The minimum atomic E-state index is -0.297. The van der Waals surface area contributed by atoms with E-state index in [1.165, 1.54) is 0 Å². The van der Waals surface area contributed by atoms with E-state index in [-0.39, 0.29) is 18.6 Å². The highest BCUT2D eigenvalue weighted by Gasteiger charge is 2.16. The summed E-state index contributed by atoms with van der Waals surface area (Å²) < 4.78 is 16.7. The molecule has 2 aromatic carbocycles. The molecule has 6 heteroatoms. The molecule has 0 fully saturated rings. The van der Waals surface area contributed by atoms with Gasteiger partial charge >= 0.3 is 0 Å². The van der Waals surface area contributed by atoms with Crippen LogP contribution in [0.4, 0.5) is 0 Å². The Hall–Kier alpha value is -2.66. The van der Waals surface area contributed by atoms with Crippen LogP contribution in [0.2, 0.25) is 5.02 Å². The van der Waals surface area contributed by atoms with Gasteiger partial charge in [0.15, 0.2) is 17.9 Å². The molecule has 3 aromatic rings. The molecule has 26 heavy (non-hydrogen) atoms. The minimum Gasteiger partial charge on any atom is -0.493 e. The first-order valence-electron chi connectivity index (χ1n) is 8.22. The van der Waals surface area contributed by atoms with Gasteiger partial charge in [-0.15, -0.1) is 0 Å². The Bertz CT molecular complexity index is 935. The van der Waals surface area contributed by atoms with Crippen LogP contribution in [0.25, 0.3) is 11.0 Å². The molecule has 0 aliphatic carbocycles. The summed E-state index contributed by atoms with van der Waals surface area (Å²) in [5.41, 5.74) is 1.54. The largest absolute Gasteiger partial charge is 0.493 e. The van der Waals surface area contributed by atoms with Crippen LogP contribution in [-0.4, -0.2) is 19.6 Å². The van der Waals surface area contributed by atoms with E-state index in [2.05, 4.69) is 5.32 Å². The first kappa shape index (κ1) is 18.1. The maximum absolute atomic E-state index is 12.2. The van der Waals surface area contributed by atoms with E-state index in [1.807, 2.05) is 38.1 Å². The predicted molar refractivity (Wildman–Crippen MR) is 101 cm³/mol. The summed E-state index contributed by atoms with van der Waals surface area (Å²) >= 11 is 5.92. The average Bonchev–Trinajstić information content (AvgIpc) is 3.05. The summed E-state index contributed by atoms with van der Waals surface area (Å²) in [7, 11) is 1.60. The number of rotatable bonds is 6. The van der Waals surface area contributed by atoms with Crippen LogP contribution in [0, 0.1) is 6.92 Å². The number of hydrogen-bond donors (Lipinski definition) is 1. The van der Waals surface area contributed by atoms with Crippen LogP contribution in [-0.2, 0) is 4.79 Å². The topological polar surface area (TPSA) is 60.7 Å². The van der Waals surface area contributed by atoms with Gasteiger partial charge in [-0.1, -0.05) is 23.7 Å². The van der Waals surface area contributed by atoms with Crippen LogP contribution >= 0.6 is 11.6 Å². The lowest BCUT2D eigenvalue weighted by molar-refractivity contribution is -0.123. The molecule has 0 aliphatic heterocycles. The number of halogens is 1. The van der Waals surface area contributed by atoms with E-state index in [0.29, 0.717) is 27.9 Å². The van der Waals surface area contributed by atoms with Crippen LogP contribution in [0.15, 0.2) is 46.9 Å². The second-order valence-electron chi connectivity index (χ2n) is 6.02. The normalized spacial score (nSPS) is 12.0. The lowest BCUT2D eigenvalue weighted by Crippen LogP contribution is -2.31. The Balaban J connectivity index is 1.64. The zero-order valence-corrected chi connectivity index (χ0v) is 15.6. The van der Waals surface area contributed by atoms with Gasteiger partial charge in [-0.2, -0.15) is 0 Å². The van der Waals surface area contributed by atoms with Gasteiger partial charge in [-0.3, -0.25) is 4.79 Å². The SMILES string of the molecule is COc1cccc2cc(C(C)NC(=O)COc3ccc(Cl)cc3C)oc12. The van der Waals surface area contributed by atoms with Crippen LogP contribution < -0.4 is 14.8 Å². The molecule has 136 valence electrons. The fourth-order valence-electron chi connectivity index (χ4n) is 2.70. The molecule has 1 aromatic heterocycles. The first-order chi connectivity index (χ1) is 12.5. The van der Waals surface area contributed by atoms with Gasteiger partial charge in [0.2, 0.25) is 0 Å². The monoisotopic (exact) mass is 373 g/mol.